The fraction of sp³-hybridized carbons (Fsp3) is 0.381. The van der Waals surface area contributed by atoms with Crippen LogP contribution in [0.5, 0.6) is 0 Å². The van der Waals surface area contributed by atoms with Gasteiger partial charge in [-0.25, -0.2) is 10.2 Å². The second-order valence-corrected chi connectivity index (χ2v) is 7.23. The molecule has 9 nitrogen and oxygen atoms in total. The van der Waals surface area contributed by atoms with Gasteiger partial charge in [0.25, 0.3) is 5.91 Å². The van der Waals surface area contributed by atoms with Crippen LogP contribution in [0.3, 0.4) is 0 Å². The predicted octanol–water partition coefficient (Wildman–Crippen LogP) is 0.711. The molecule has 2 aromatic rings. The molecule has 1 aromatic carbocycles. The minimum absolute atomic E-state index is 0.000371. The molecule has 0 saturated carbocycles. The smallest absolute Gasteiger partial charge is 0.333 e. The molecule has 9 heteroatoms. The molecule has 30 heavy (non-hydrogen) atoms. The Balaban J connectivity index is 1.56. The van der Waals surface area contributed by atoms with Crippen molar-refractivity contribution >= 4 is 11.9 Å². The van der Waals surface area contributed by atoms with Crippen LogP contribution >= 0.6 is 0 Å². The number of pyridine rings is 1. The van der Waals surface area contributed by atoms with Gasteiger partial charge in [-0.1, -0.05) is 29.8 Å². The highest BCUT2D eigenvalue weighted by Crippen LogP contribution is 2.21. The number of nitrogens with one attached hydrogen (secondary N) is 3. The fourth-order valence-corrected chi connectivity index (χ4v) is 3.28. The van der Waals surface area contributed by atoms with Gasteiger partial charge in [-0.2, -0.15) is 0 Å². The summed E-state index contributed by atoms with van der Waals surface area (Å²) in [4.78, 5) is 38.1. The van der Waals surface area contributed by atoms with Gasteiger partial charge in [-0.15, -0.1) is 0 Å². The topological polar surface area (TPSA) is 105 Å². The summed E-state index contributed by atoms with van der Waals surface area (Å²) < 4.78 is 6.74. The van der Waals surface area contributed by atoms with Crippen LogP contribution in [0.4, 0.5) is 4.79 Å². The standard InChI is InChI=1S/C21H27N5O4/c1-15-3-5-16(6-4-15)18(26-9-11-30-12-10-26)13-22-21(29)24-23-20(28)17-7-8-19(27)25(2)14-17/h3-8,14,18H,9-13H2,1-2H3,(H,23,28)(H2,22,24,29). The number of benzene rings is 1. The Morgan fingerprint density at radius 2 is 1.77 bits per heavy atom. The molecule has 1 aliphatic heterocycles. The van der Waals surface area contributed by atoms with Crippen molar-refractivity contribution in [3.8, 4) is 0 Å². The Labute approximate surface area is 175 Å². The van der Waals surface area contributed by atoms with Gasteiger partial charge in [0.05, 0.1) is 24.8 Å². The summed E-state index contributed by atoms with van der Waals surface area (Å²) in [7, 11) is 1.55. The molecule has 2 heterocycles. The average molecular weight is 413 g/mol. The molecular weight excluding hydrogens is 386 g/mol. The molecule has 1 aliphatic rings. The van der Waals surface area contributed by atoms with E-state index in [0.29, 0.717) is 19.8 Å². The van der Waals surface area contributed by atoms with Gasteiger partial charge in [-0.05, 0) is 18.6 Å². The number of hydrogen-bond acceptors (Lipinski definition) is 5. The van der Waals surface area contributed by atoms with E-state index in [-0.39, 0.29) is 17.2 Å². The minimum atomic E-state index is -0.515. The Morgan fingerprint density at radius 3 is 2.43 bits per heavy atom. The summed E-state index contributed by atoms with van der Waals surface area (Å²) in [5, 5.41) is 2.82. The highest BCUT2D eigenvalue weighted by atomic mass is 16.5. The monoisotopic (exact) mass is 413 g/mol. The molecule has 0 bridgehead atoms. The van der Waals surface area contributed by atoms with E-state index in [1.54, 1.807) is 7.05 Å². The van der Waals surface area contributed by atoms with Crippen LogP contribution in [0.15, 0.2) is 47.4 Å². The first-order valence-corrected chi connectivity index (χ1v) is 9.83. The highest BCUT2D eigenvalue weighted by Gasteiger charge is 2.23. The Kier molecular flexibility index (Phi) is 7.21. The van der Waals surface area contributed by atoms with E-state index in [1.807, 2.05) is 6.92 Å². The van der Waals surface area contributed by atoms with Gasteiger partial charge >= 0.3 is 6.03 Å². The maximum atomic E-state index is 12.2. The molecule has 1 atom stereocenters. The first kappa shape index (κ1) is 21.5. The van der Waals surface area contributed by atoms with E-state index in [1.165, 1.54) is 28.5 Å². The summed E-state index contributed by atoms with van der Waals surface area (Å²) in [5.74, 6) is -0.510. The lowest BCUT2D eigenvalue weighted by Gasteiger charge is -2.35. The van der Waals surface area contributed by atoms with Crippen LogP contribution in [0.25, 0.3) is 0 Å². The van der Waals surface area contributed by atoms with Crippen molar-refractivity contribution in [1.82, 2.24) is 25.6 Å². The number of nitrogens with zero attached hydrogens (tertiary/aromatic N) is 2. The van der Waals surface area contributed by atoms with Crippen molar-refractivity contribution in [2.24, 2.45) is 7.05 Å². The maximum absolute atomic E-state index is 12.2. The molecule has 3 N–H and O–H groups in total. The Bertz CT molecular complexity index is 935. The number of ether oxygens (including phenoxy) is 1. The van der Waals surface area contributed by atoms with Crippen LogP contribution in [-0.4, -0.2) is 54.3 Å². The summed E-state index contributed by atoms with van der Waals surface area (Å²) in [6, 6.07) is 10.4. The third-order valence-corrected chi connectivity index (χ3v) is 5.04. The number of hydrazine groups is 1. The number of aryl methyl sites for hydroxylation is 2. The summed E-state index contributed by atoms with van der Waals surface area (Å²) >= 11 is 0. The quantitative estimate of drug-likeness (QED) is 0.627. The normalized spacial score (nSPS) is 15.3. The number of amides is 3. The second-order valence-electron chi connectivity index (χ2n) is 7.23. The zero-order valence-corrected chi connectivity index (χ0v) is 17.2. The zero-order chi connectivity index (χ0) is 21.5. The molecule has 1 unspecified atom stereocenters. The zero-order valence-electron chi connectivity index (χ0n) is 17.2. The van der Waals surface area contributed by atoms with Crippen molar-refractivity contribution < 1.29 is 14.3 Å². The number of carbonyl (C=O) groups excluding carboxylic acids is 2. The van der Waals surface area contributed by atoms with Gasteiger partial charge in [-0.3, -0.25) is 19.9 Å². The van der Waals surface area contributed by atoms with Crippen molar-refractivity contribution in [3.05, 3.63) is 69.6 Å². The second kappa shape index (κ2) is 10.0. The summed E-state index contributed by atoms with van der Waals surface area (Å²) in [6.07, 6.45) is 1.41. The number of carbonyl (C=O) groups is 2. The SMILES string of the molecule is Cc1ccc(C(CNC(=O)NNC(=O)c2ccc(=O)n(C)c2)N2CCOCC2)cc1. The Morgan fingerprint density at radius 1 is 1.07 bits per heavy atom. The van der Waals surface area contributed by atoms with Crippen molar-refractivity contribution in [2.75, 3.05) is 32.8 Å². The van der Waals surface area contributed by atoms with Crippen LogP contribution in [-0.2, 0) is 11.8 Å². The number of aromatic nitrogens is 1. The molecule has 1 fully saturated rings. The lowest BCUT2D eigenvalue weighted by Crippen LogP contribution is -2.50. The van der Waals surface area contributed by atoms with E-state index in [2.05, 4.69) is 45.3 Å². The molecule has 1 aromatic heterocycles. The maximum Gasteiger partial charge on any atom is 0.333 e. The molecule has 0 aliphatic carbocycles. The average Bonchev–Trinajstić information content (AvgIpc) is 2.76. The third kappa shape index (κ3) is 5.68. The lowest BCUT2D eigenvalue weighted by atomic mass is 10.0. The summed E-state index contributed by atoms with van der Waals surface area (Å²) in [6.45, 7) is 5.29. The minimum Gasteiger partial charge on any atom is -0.379 e. The van der Waals surface area contributed by atoms with Crippen LogP contribution in [0, 0.1) is 6.92 Å². The van der Waals surface area contributed by atoms with Crippen molar-refractivity contribution in [2.45, 2.75) is 13.0 Å². The van der Waals surface area contributed by atoms with Gasteiger partial charge in [0, 0.05) is 38.9 Å². The predicted molar refractivity (Wildman–Crippen MR) is 112 cm³/mol. The van der Waals surface area contributed by atoms with Gasteiger partial charge < -0.3 is 14.6 Å². The largest absolute Gasteiger partial charge is 0.379 e. The molecule has 160 valence electrons. The molecule has 3 rings (SSSR count). The van der Waals surface area contributed by atoms with Crippen molar-refractivity contribution in [3.63, 3.8) is 0 Å². The van der Waals surface area contributed by atoms with Gasteiger partial charge in [0.2, 0.25) is 5.56 Å². The Hall–Kier alpha value is -3.17. The van der Waals surface area contributed by atoms with Gasteiger partial charge in [0.15, 0.2) is 0 Å². The number of urea groups is 1. The summed E-state index contributed by atoms with van der Waals surface area (Å²) in [5.41, 5.74) is 7.03. The van der Waals surface area contributed by atoms with Crippen LogP contribution in [0.1, 0.15) is 27.5 Å². The van der Waals surface area contributed by atoms with E-state index >= 15 is 0 Å². The number of hydrogen-bond donors (Lipinski definition) is 3. The lowest BCUT2D eigenvalue weighted by molar-refractivity contribution is 0.0167. The van der Waals surface area contributed by atoms with Crippen LogP contribution in [0.2, 0.25) is 0 Å². The number of morpholine rings is 1. The molecule has 0 spiro atoms. The molecule has 3 amide bonds. The van der Waals surface area contributed by atoms with E-state index in [0.717, 1.165) is 18.7 Å². The van der Waals surface area contributed by atoms with E-state index < -0.39 is 11.9 Å². The third-order valence-electron chi connectivity index (χ3n) is 5.04. The van der Waals surface area contributed by atoms with Gasteiger partial charge in [0.1, 0.15) is 0 Å². The van der Waals surface area contributed by atoms with E-state index in [4.69, 9.17) is 4.74 Å². The molecular formula is C21H27N5O4. The van der Waals surface area contributed by atoms with Crippen LogP contribution < -0.4 is 21.7 Å². The highest BCUT2D eigenvalue weighted by molar-refractivity contribution is 5.94. The number of rotatable bonds is 5. The van der Waals surface area contributed by atoms with E-state index in [9.17, 15) is 14.4 Å². The fourth-order valence-electron chi connectivity index (χ4n) is 3.28. The van der Waals surface area contributed by atoms with Crippen molar-refractivity contribution in [1.29, 1.82) is 0 Å². The molecule has 1 saturated heterocycles. The first-order valence-electron chi connectivity index (χ1n) is 9.83. The first-order chi connectivity index (χ1) is 14.4. The molecule has 0 radical (unpaired) electrons.